The van der Waals surface area contributed by atoms with Crippen molar-refractivity contribution in [2.45, 2.75) is 32.7 Å². The van der Waals surface area contributed by atoms with Crippen molar-refractivity contribution in [2.75, 3.05) is 26.2 Å². The van der Waals surface area contributed by atoms with E-state index in [0.29, 0.717) is 12.3 Å². The number of nitrogens with zero attached hydrogens (tertiary/aromatic N) is 1. The van der Waals surface area contributed by atoms with Gasteiger partial charge in [-0.2, -0.15) is 0 Å². The smallest absolute Gasteiger partial charge is 0.133 e. The second-order valence-corrected chi connectivity index (χ2v) is 6.06. The number of benzene rings is 1. The molecule has 5 heteroatoms. The van der Waals surface area contributed by atoms with E-state index in [-0.39, 0.29) is 11.6 Å². The highest BCUT2D eigenvalue weighted by Crippen LogP contribution is 2.32. The maximum Gasteiger partial charge on any atom is 0.133 e. The molecule has 21 heavy (non-hydrogen) atoms. The number of rotatable bonds is 5. The van der Waals surface area contributed by atoms with Gasteiger partial charge in [-0.15, -0.1) is 0 Å². The Morgan fingerprint density at radius 1 is 1.05 bits per heavy atom. The summed E-state index contributed by atoms with van der Waals surface area (Å²) in [6.45, 7) is 7.29. The highest BCUT2D eigenvalue weighted by molar-refractivity contribution is 5.24. The number of hydrogen-bond acceptors (Lipinski definition) is 2. The lowest BCUT2D eigenvalue weighted by atomic mass is 9.95. The molecular formula is C16H23F3N2. The van der Waals surface area contributed by atoms with Gasteiger partial charge in [-0.3, -0.25) is 4.90 Å². The minimum atomic E-state index is -0.864. The molecule has 0 aliphatic carbocycles. The quantitative estimate of drug-likeness (QED) is 0.895. The Bertz CT molecular complexity index is 448. The van der Waals surface area contributed by atoms with Crippen LogP contribution in [0.4, 0.5) is 13.2 Å². The monoisotopic (exact) mass is 300 g/mol. The summed E-state index contributed by atoms with van der Waals surface area (Å²) in [6, 6.07) is 1.24. The van der Waals surface area contributed by atoms with Gasteiger partial charge in [0.1, 0.15) is 17.5 Å². The van der Waals surface area contributed by atoms with Crippen LogP contribution >= 0.6 is 0 Å². The Labute approximate surface area is 124 Å². The van der Waals surface area contributed by atoms with Crippen molar-refractivity contribution in [2.24, 2.45) is 5.92 Å². The molecule has 0 spiro atoms. The number of piperazine rings is 1. The molecule has 0 saturated carbocycles. The third-order valence-electron chi connectivity index (χ3n) is 3.99. The molecule has 1 aromatic rings. The van der Waals surface area contributed by atoms with E-state index in [1.807, 2.05) is 0 Å². The molecule has 0 bridgehead atoms. The maximum atomic E-state index is 14.1. The molecule has 1 N–H and O–H groups in total. The van der Waals surface area contributed by atoms with Crippen LogP contribution in [0.2, 0.25) is 0 Å². The molecule has 1 heterocycles. The van der Waals surface area contributed by atoms with E-state index in [1.54, 1.807) is 0 Å². The standard InChI is InChI=1S/C16H23F3N2/c1-11(2)3-4-15(21-7-5-20-6-8-21)16-13(18)9-12(17)10-14(16)19/h9-11,15,20H,3-8H2,1-2H3/t15-/m1/s1. The van der Waals surface area contributed by atoms with Crippen molar-refractivity contribution in [3.05, 3.63) is 35.1 Å². The molecule has 1 aliphatic heterocycles. The van der Waals surface area contributed by atoms with E-state index in [1.165, 1.54) is 0 Å². The minimum absolute atomic E-state index is 0.0129. The van der Waals surface area contributed by atoms with Crippen LogP contribution in [0.1, 0.15) is 38.3 Å². The second kappa shape index (κ2) is 7.27. The summed E-state index contributed by atoms with van der Waals surface area (Å²) >= 11 is 0. The molecule has 2 rings (SSSR count). The van der Waals surface area contributed by atoms with Crippen LogP contribution < -0.4 is 5.32 Å². The number of halogens is 3. The van der Waals surface area contributed by atoms with Gasteiger partial charge in [0.2, 0.25) is 0 Å². The fourth-order valence-corrected chi connectivity index (χ4v) is 2.87. The van der Waals surface area contributed by atoms with Crippen molar-refractivity contribution >= 4 is 0 Å². The summed E-state index contributed by atoms with van der Waals surface area (Å²) in [4.78, 5) is 2.10. The Balaban J connectivity index is 2.29. The molecule has 118 valence electrons. The Morgan fingerprint density at radius 3 is 2.14 bits per heavy atom. The first-order chi connectivity index (χ1) is 9.99. The molecule has 0 amide bonds. The van der Waals surface area contributed by atoms with Gasteiger partial charge < -0.3 is 5.32 Å². The summed E-state index contributed by atoms with van der Waals surface area (Å²) in [6.07, 6.45) is 1.56. The Hall–Kier alpha value is -1.07. The van der Waals surface area contributed by atoms with Gasteiger partial charge in [-0.25, -0.2) is 13.2 Å². The average molecular weight is 300 g/mol. The van der Waals surface area contributed by atoms with Gasteiger partial charge in [0.05, 0.1) is 0 Å². The van der Waals surface area contributed by atoms with Crippen LogP contribution in [0.5, 0.6) is 0 Å². The second-order valence-electron chi connectivity index (χ2n) is 6.06. The summed E-state index contributed by atoms with van der Waals surface area (Å²) < 4.78 is 41.4. The van der Waals surface area contributed by atoms with E-state index >= 15 is 0 Å². The number of hydrogen-bond donors (Lipinski definition) is 1. The highest BCUT2D eigenvalue weighted by Gasteiger charge is 2.28. The first-order valence-electron chi connectivity index (χ1n) is 7.58. The first-order valence-corrected chi connectivity index (χ1v) is 7.58. The van der Waals surface area contributed by atoms with Crippen molar-refractivity contribution < 1.29 is 13.2 Å². The molecule has 1 atom stereocenters. The highest BCUT2D eigenvalue weighted by atomic mass is 19.1. The summed E-state index contributed by atoms with van der Waals surface area (Å²) in [7, 11) is 0. The molecule has 1 fully saturated rings. The van der Waals surface area contributed by atoms with Gasteiger partial charge in [0, 0.05) is 49.9 Å². The van der Waals surface area contributed by atoms with Crippen LogP contribution in [-0.2, 0) is 0 Å². The van der Waals surface area contributed by atoms with Gasteiger partial charge in [-0.1, -0.05) is 13.8 Å². The Morgan fingerprint density at radius 2 is 1.62 bits per heavy atom. The van der Waals surface area contributed by atoms with Crippen molar-refractivity contribution in [3.8, 4) is 0 Å². The molecule has 0 radical (unpaired) electrons. The molecule has 0 aromatic heterocycles. The predicted octanol–water partition coefficient (Wildman–Crippen LogP) is 3.49. The summed E-state index contributed by atoms with van der Waals surface area (Å²) in [5.74, 6) is -1.96. The van der Waals surface area contributed by atoms with Crippen LogP contribution in [0.15, 0.2) is 12.1 Å². The van der Waals surface area contributed by atoms with Gasteiger partial charge in [-0.05, 0) is 18.8 Å². The zero-order valence-corrected chi connectivity index (χ0v) is 12.6. The zero-order valence-electron chi connectivity index (χ0n) is 12.6. The van der Waals surface area contributed by atoms with Gasteiger partial charge in [0.15, 0.2) is 0 Å². The fourth-order valence-electron chi connectivity index (χ4n) is 2.87. The van der Waals surface area contributed by atoms with E-state index < -0.39 is 17.5 Å². The normalized spacial score (nSPS) is 18.2. The van der Waals surface area contributed by atoms with E-state index in [4.69, 9.17) is 0 Å². The largest absolute Gasteiger partial charge is 0.314 e. The van der Waals surface area contributed by atoms with E-state index in [0.717, 1.165) is 44.7 Å². The van der Waals surface area contributed by atoms with Crippen LogP contribution in [0.3, 0.4) is 0 Å². The fraction of sp³-hybridized carbons (Fsp3) is 0.625. The molecule has 1 aliphatic rings. The zero-order chi connectivity index (χ0) is 15.4. The predicted molar refractivity (Wildman–Crippen MR) is 77.6 cm³/mol. The van der Waals surface area contributed by atoms with E-state index in [2.05, 4.69) is 24.1 Å². The minimum Gasteiger partial charge on any atom is -0.314 e. The third-order valence-corrected chi connectivity index (χ3v) is 3.99. The van der Waals surface area contributed by atoms with Gasteiger partial charge in [0.25, 0.3) is 0 Å². The summed E-state index contributed by atoms with van der Waals surface area (Å²) in [5, 5.41) is 3.24. The van der Waals surface area contributed by atoms with Crippen LogP contribution in [-0.4, -0.2) is 31.1 Å². The van der Waals surface area contributed by atoms with Gasteiger partial charge >= 0.3 is 0 Å². The lowest BCUT2D eigenvalue weighted by Crippen LogP contribution is -2.45. The first kappa shape index (κ1) is 16.3. The SMILES string of the molecule is CC(C)CC[C@H](c1c(F)cc(F)cc1F)N1CCNCC1. The molecule has 1 aromatic carbocycles. The van der Waals surface area contributed by atoms with Crippen LogP contribution in [0, 0.1) is 23.4 Å². The molecule has 0 unspecified atom stereocenters. The number of nitrogens with one attached hydrogen (secondary N) is 1. The topological polar surface area (TPSA) is 15.3 Å². The molecule has 1 saturated heterocycles. The lowest BCUT2D eigenvalue weighted by molar-refractivity contribution is 0.153. The average Bonchev–Trinajstić information content (AvgIpc) is 2.42. The summed E-state index contributed by atoms with van der Waals surface area (Å²) in [5.41, 5.74) is 0.0129. The van der Waals surface area contributed by atoms with Crippen LogP contribution in [0.25, 0.3) is 0 Å². The Kier molecular flexibility index (Phi) is 5.65. The third kappa shape index (κ3) is 4.20. The lowest BCUT2D eigenvalue weighted by Gasteiger charge is -2.36. The molecule has 2 nitrogen and oxygen atoms in total. The van der Waals surface area contributed by atoms with Crippen molar-refractivity contribution in [1.29, 1.82) is 0 Å². The maximum absolute atomic E-state index is 14.1. The molecular weight excluding hydrogens is 277 g/mol. The van der Waals surface area contributed by atoms with Crippen molar-refractivity contribution in [1.82, 2.24) is 10.2 Å². The van der Waals surface area contributed by atoms with E-state index in [9.17, 15) is 13.2 Å². The van der Waals surface area contributed by atoms with Crippen molar-refractivity contribution in [3.63, 3.8) is 0 Å².